The van der Waals surface area contributed by atoms with Crippen LogP contribution in [0.25, 0.3) is 0 Å². The molecule has 0 radical (unpaired) electrons. The lowest BCUT2D eigenvalue weighted by atomic mass is 10.1. The van der Waals surface area contributed by atoms with E-state index in [2.05, 4.69) is 17.4 Å². The topological polar surface area (TPSA) is 29.1 Å². The third-order valence-corrected chi connectivity index (χ3v) is 3.06. The second-order valence-corrected chi connectivity index (χ2v) is 4.52. The molecule has 0 saturated heterocycles. The molecule has 0 heterocycles. The van der Waals surface area contributed by atoms with E-state index in [1.54, 1.807) is 0 Å². The fraction of sp³-hybridized carbons (Fsp3) is 0.235. The number of carbonyl (C=O) groups is 1. The van der Waals surface area contributed by atoms with Gasteiger partial charge in [0.2, 0.25) is 0 Å². The van der Waals surface area contributed by atoms with Gasteiger partial charge in [-0.1, -0.05) is 60.7 Å². The first-order valence-electron chi connectivity index (χ1n) is 6.69. The summed E-state index contributed by atoms with van der Waals surface area (Å²) in [6.45, 7) is 1.65. The summed E-state index contributed by atoms with van der Waals surface area (Å²) in [5.74, 6) is 0.202. The monoisotopic (exact) mass is 253 g/mol. The number of Topliss-reactive ketones (excluding diaryl/α,β-unsaturated/α-hetero) is 1. The van der Waals surface area contributed by atoms with Crippen LogP contribution in [0.3, 0.4) is 0 Å². The second kappa shape index (κ2) is 7.49. The van der Waals surface area contributed by atoms with E-state index in [0.717, 1.165) is 25.1 Å². The van der Waals surface area contributed by atoms with Crippen molar-refractivity contribution in [2.24, 2.45) is 0 Å². The molecule has 0 aromatic heterocycles. The van der Waals surface area contributed by atoms with E-state index in [1.165, 1.54) is 5.56 Å². The molecular weight excluding hydrogens is 234 g/mol. The number of benzene rings is 2. The van der Waals surface area contributed by atoms with Crippen molar-refractivity contribution in [1.29, 1.82) is 0 Å². The average molecular weight is 253 g/mol. The van der Waals surface area contributed by atoms with Crippen LogP contribution in [0.1, 0.15) is 22.3 Å². The third kappa shape index (κ3) is 4.68. The second-order valence-electron chi connectivity index (χ2n) is 4.52. The van der Waals surface area contributed by atoms with Crippen molar-refractivity contribution < 1.29 is 4.79 Å². The Morgan fingerprint density at radius 2 is 1.47 bits per heavy atom. The minimum Gasteiger partial charge on any atom is -0.316 e. The molecule has 0 unspecified atom stereocenters. The standard InChI is InChI=1S/C17H19NO/c19-17(16-9-5-2-6-10-16)12-14-18-13-11-15-7-3-1-4-8-15/h1-10,18H,11-14H2. The van der Waals surface area contributed by atoms with Gasteiger partial charge >= 0.3 is 0 Å². The molecule has 0 atom stereocenters. The number of hydrogen-bond donors (Lipinski definition) is 1. The predicted octanol–water partition coefficient (Wildman–Crippen LogP) is 3.09. The minimum absolute atomic E-state index is 0.202. The summed E-state index contributed by atoms with van der Waals surface area (Å²) in [5, 5.41) is 3.31. The van der Waals surface area contributed by atoms with Gasteiger partial charge in [0.25, 0.3) is 0 Å². The lowest BCUT2D eigenvalue weighted by Gasteiger charge is -2.04. The van der Waals surface area contributed by atoms with Crippen LogP contribution >= 0.6 is 0 Å². The van der Waals surface area contributed by atoms with Gasteiger partial charge in [-0.3, -0.25) is 4.79 Å². The normalized spacial score (nSPS) is 10.3. The molecule has 0 spiro atoms. The first-order chi connectivity index (χ1) is 9.36. The Morgan fingerprint density at radius 1 is 0.842 bits per heavy atom. The van der Waals surface area contributed by atoms with Crippen molar-refractivity contribution in [1.82, 2.24) is 5.32 Å². The van der Waals surface area contributed by atoms with Crippen LogP contribution in [0.5, 0.6) is 0 Å². The van der Waals surface area contributed by atoms with Gasteiger partial charge in [-0.05, 0) is 18.5 Å². The Labute approximate surface area is 114 Å². The average Bonchev–Trinajstić information content (AvgIpc) is 2.49. The summed E-state index contributed by atoms with van der Waals surface area (Å²) in [6, 6.07) is 19.8. The van der Waals surface area contributed by atoms with Crippen LogP contribution in [-0.2, 0) is 6.42 Å². The highest BCUT2D eigenvalue weighted by molar-refractivity contribution is 5.96. The molecule has 2 heteroatoms. The number of nitrogens with one attached hydrogen (secondary N) is 1. The summed E-state index contributed by atoms with van der Waals surface area (Å²) in [5.41, 5.74) is 2.12. The molecule has 0 aliphatic heterocycles. The van der Waals surface area contributed by atoms with Gasteiger partial charge < -0.3 is 5.32 Å². The van der Waals surface area contributed by atoms with Crippen LogP contribution < -0.4 is 5.32 Å². The summed E-state index contributed by atoms with van der Waals surface area (Å²) in [6.07, 6.45) is 1.55. The maximum absolute atomic E-state index is 11.8. The maximum Gasteiger partial charge on any atom is 0.164 e. The summed E-state index contributed by atoms with van der Waals surface area (Å²) >= 11 is 0. The van der Waals surface area contributed by atoms with E-state index in [9.17, 15) is 4.79 Å². The van der Waals surface area contributed by atoms with Gasteiger partial charge in [0.05, 0.1) is 0 Å². The number of hydrogen-bond acceptors (Lipinski definition) is 2. The van der Waals surface area contributed by atoms with E-state index >= 15 is 0 Å². The molecule has 2 aromatic carbocycles. The molecule has 98 valence electrons. The first-order valence-corrected chi connectivity index (χ1v) is 6.69. The minimum atomic E-state index is 0.202. The van der Waals surface area contributed by atoms with E-state index in [1.807, 2.05) is 48.5 Å². The van der Waals surface area contributed by atoms with Crippen LogP contribution in [-0.4, -0.2) is 18.9 Å². The van der Waals surface area contributed by atoms with Gasteiger partial charge in [0.1, 0.15) is 0 Å². The highest BCUT2D eigenvalue weighted by Gasteiger charge is 2.03. The van der Waals surface area contributed by atoms with Crippen molar-refractivity contribution >= 4 is 5.78 Å². The van der Waals surface area contributed by atoms with Crippen molar-refractivity contribution in [3.8, 4) is 0 Å². The molecule has 2 aromatic rings. The van der Waals surface area contributed by atoms with Gasteiger partial charge in [-0.25, -0.2) is 0 Å². The SMILES string of the molecule is O=C(CCNCCc1ccccc1)c1ccccc1. The van der Waals surface area contributed by atoms with Crippen molar-refractivity contribution in [3.05, 3.63) is 71.8 Å². The third-order valence-electron chi connectivity index (χ3n) is 3.06. The summed E-state index contributed by atoms with van der Waals surface area (Å²) < 4.78 is 0. The van der Waals surface area contributed by atoms with Crippen molar-refractivity contribution in [3.63, 3.8) is 0 Å². The molecule has 0 aliphatic rings. The molecule has 2 rings (SSSR count). The van der Waals surface area contributed by atoms with Crippen LogP contribution in [0.2, 0.25) is 0 Å². The largest absolute Gasteiger partial charge is 0.316 e. The molecule has 0 saturated carbocycles. The van der Waals surface area contributed by atoms with Gasteiger partial charge in [-0.2, -0.15) is 0 Å². The number of rotatable bonds is 7. The van der Waals surface area contributed by atoms with Gasteiger partial charge in [0.15, 0.2) is 5.78 Å². The Morgan fingerprint density at radius 3 is 2.16 bits per heavy atom. The van der Waals surface area contributed by atoms with Gasteiger partial charge in [0, 0.05) is 18.5 Å². The lowest BCUT2D eigenvalue weighted by molar-refractivity contribution is 0.0982. The van der Waals surface area contributed by atoms with Gasteiger partial charge in [-0.15, -0.1) is 0 Å². The molecule has 1 N–H and O–H groups in total. The highest BCUT2D eigenvalue weighted by atomic mass is 16.1. The van der Waals surface area contributed by atoms with E-state index < -0.39 is 0 Å². The molecule has 19 heavy (non-hydrogen) atoms. The molecule has 0 fully saturated rings. The fourth-order valence-electron chi connectivity index (χ4n) is 1.97. The van der Waals surface area contributed by atoms with E-state index in [-0.39, 0.29) is 5.78 Å². The zero-order valence-electron chi connectivity index (χ0n) is 11.0. The quantitative estimate of drug-likeness (QED) is 0.607. The zero-order valence-corrected chi connectivity index (χ0v) is 11.0. The Balaban J connectivity index is 1.63. The molecule has 2 nitrogen and oxygen atoms in total. The molecular formula is C17H19NO. The Kier molecular flexibility index (Phi) is 5.32. The lowest BCUT2D eigenvalue weighted by Crippen LogP contribution is -2.20. The van der Waals surface area contributed by atoms with E-state index in [0.29, 0.717) is 6.42 Å². The Hall–Kier alpha value is -1.93. The fourth-order valence-corrected chi connectivity index (χ4v) is 1.97. The molecule has 0 bridgehead atoms. The van der Waals surface area contributed by atoms with Crippen LogP contribution in [0.15, 0.2) is 60.7 Å². The number of ketones is 1. The molecule has 0 aliphatic carbocycles. The van der Waals surface area contributed by atoms with Crippen molar-refractivity contribution in [2.75, 3.05) is 13.1 Å². The number of carbonyl (C=O) groups excluding carboxylic acids is 1. The maximum atomic E-state index is 11.8. The first kappa shape index (κ1) is 13.5. The highest BCUT2D eigenvalue weighted by Crippen LogP contribution is 2.02. The molecule has 0 amide bonds. The van der Waals surface area contributed by atoms with Crippen LogP contribution in [0.4, 0.5) is 0 Å². The summed E-state index contributed by atoms with van der Waals surface area (Å²) in [7, 11) is 0. The Bertz CT molecular complexity index is 493. The smallest absolute Gasteiger partial charge is 0.164 e. The predicted molar refractivity (Wildman–Crippen MR) is 78.4 cm³/mol. The van der Waals surface area contributed by atoms with Crippen molar-refractivity contribution in [2.45, 2.75) is 12.8 Å². The summed E-state index contributed by atoms with van der Waals surface area (Å²) in [4.78, 5) is 11.8. The van der Waals surface area contributed by atoms with E-state index in [4.69, 9.17) is 0 Å². The van der Waals surface area contributed by atoms with Crippen LogP contribution in [0, 0.1) is 0 Å². The zero-order chi connectivity index (χ0) is 13.3.